The third-order valence-corrected chi connectivity index (χ3v) is 3.09. The third kappa shape index (κ3) is 4.68. The lowest BCUT2D eigenvalue weighted by molar-refractivity contribution is 0.0978. The van der Waals surface area contributed by atoms with Gasteiger partial charge in [-0.2, -0.15) is 0 Å². The highest BCUT2D eigenvalue weighted by atomic mass is 16.1. The average Bonchev–Trinajstić information content (AvgIpc) is 2.38. The summed E-state index contributed by atoms with van der Waals surface area (Å²) in [5.74, 6) is 0.278. The van der Waals surface area contributed by atoms with E-state index in [-0.39, 0.29) is 5.78 Å². The maximum Gasteiger partial charge on any atom is 0.163 e. The van der Waals surface area contributed by atoms with Crippen molar-refractivity contribution in [2.45, 2.75) is 58.8 Å². The molecule has 0 N–H and O–H groups in total. The van der Waals surface area contributed by atoms with Crippen LogP contribution in [0.15, 0.2) is 18.5 Å². The van der Waals surface area contributed by atoms with Crippen LogP contribution in [-0.4, -0.2) is 10.8 Å². The number of Topliss-reactive ketones (excluding diaryl/α,β-unsaturated/α-hetero) is 1. The van der Waals surface area contributed by atoms with Gasteiger partial charge in [-0.05, 0) is 24.5 Å². The van der Waals surface area contributed by atoms with Crippen molar-refractivity contribution in [3.8, 4) is 0 Å². The Morgan fingerprint density at radius 3 is 2.65 bits per heavy atom. The molecule has 0 atom stereocenters. The van der Waals surface area contributed by atoms with Gasteiger partial charge < -0.3 is 0 Å². The van der Waals surface area contributed by atoms with Gasteiger partial charge in [0, 0.05) is 24.4 Å². The minimum atomic E-state index is 0.278. The molecule has 2 nitrogen and oxygen atoms in total. The van der Waals surface area contributed by atoms with Gasteiger partial charge in [0.1, 0.15) is 0 Å². The molecule has 1 aromatic rings. The molecule has 17 heavy (non-hydrogen) atoms. The lowest BCUT2D eigenvalue weighted by Gasteiger charge is -2.05. The Labute approximate surface area is 104 Å². The molecule has 0 amide bonds. The summed E-state index contributed by atoms with van der Waals surface area (Å²) in [7, 11) is 0. The second-order valence-corrected chi connectivity index (χ2v) is 4.47. The third-order valence-electron chi connectivity index (χ3n) is 3.09. The molecule has 0 spiro atoms. The number of carbonyl (C=O) groups is 1. The maximum absolute atomic E-state index is 12.0. The minimum Gasteiger partial charge on any atom is -0.294 e. The summed E-state index contributed by atoms with van der Waals surface area (Å²) in [4.78, 5) is 16.1. The molecule has 0 saturated heterocycles. The number of aryl methyl sites for hydroxylation is 1. The first-order valence-corrected chi connectivity index (χ1v) is 6.75. The Balaban J connectivity index is 2.41. The van der Waals surface area contributed by atoms with Crippen LogP contribution < -0.4 is 0 Å². The SMILES string of the molecule is CCCCCCCC(=O)c1ccncc1CC. The summed E-state index contributed by atoms with van der Waals surface area (Å²) in [6.07, 6.45) is 11.1. The quantitative estimate of drug-likeness (QED) is 0.498. The fourth-order valence-corrected chi connectivity index (χ4v) is 2.00. The van der Waals surface area contributed by atoms with Gasteiger partial charge in [0.15, 0.2) is 5.78 Å². The standard InChI is InChI=1S/C15H23NO/c1-3-5-6-7-8-9-15(17)14-10-11-16-12-13(14)4-2/h10-12H,3-9H2,1-2H3. The lowest BCUT2D eigenvalue weighted by Crippen LogP contribution is -2.03. The molecular weight excluding hydrogens is 210 g/mol. The second kappa shape index (κ2) is 7.99. The molecule has 1 aromatic heterocycles. The first-order valence-electron chi connectivity index (χ1n) is 6.75. The topological polar surface area (TPSA) is 30.0 Å². The van der Waals surface area contributed by atoms with Crippen molar-refractivity contribution in [1.82, 2.24) is 4.98 Å². The molecule has 0 unspecified atom stereocenters. The number of rotatable bonds is 8. The number of carbonyl (C=O) groups excluding carboxylic acids is 1. The number of aromatic nitrogens is 1. The Hall–Kier alpha value is -1.18. The zero-order valence-electron chi connectivity index (χ0n) is 11.0. The van der Waals surface area contributed by atoms with E-state index in [9.17, 15) is 4.79 Å². The van der Waals surface area contributed by atoms with E-state index in [1.54, 1.807) is 6.20 Å². The van der Waals surface area contributed by atoms with Gasteiger partial charge in [0.05, 0.1) is 0 Å². The molecule has 0 aliphatic carbocycles. The zero-order valence-corrected chi connectivity index (χ0v) is 11.0. The van der Waals surface area contributed by atoms with E-state index in [0.29, 0.717) is 6.42 Å². The first kappa shape index (κ1) is 13.9. The Morgan fingerprint density at radius 1 is 1.18 bits per heavy atom. The van der Waals surface area contributed by atoms with E-state index in [2.05, 4.69) is 18.8 Å². The Morgan fingerprint density at radius 2 is 1.94 bits per heavy atom. The number of hydrogen-bond acceptors (Lipinski definition) is 2. The molecule has 0 bridgehead atoms. The molecule has 94 valence electrons. The summed E-state index contributed by atoms with van der Waals surface area (Å²) in [5, 5.41) is 0. The molecule has 0 saturated carbocycles. The number of ketones is 1. The molecule has 0 radical (unpaired) electrons. The summed E-state index contributed by atoms with van der Waals surface area (Å²) in [6, 6.07) is 1.85. The normalized spacial score (nSPS) is 10.5. The van der Waals surface area contributed by atoms with Crippen LogP contribution in [0.2, 0.25) is 0 Å². The van der Waals surface area contributed by atoms with Gasteiger partial charge in [0.25, 0.3) is 0 Å². The van der Waals surface area contributed by atoms with Crippen molar-refractivity contribution in [1.29, 1.82) is 0 Å². The van der Waals surface area contributed by atoms with Gasteiger partial charge in [-0.3, -0.25) is 9.78 Å². The van der Waals surface area contributed by atoms with E-state index in [1.165, 1.54) is 25.7 Å². The summed E-state index contributed by atoms with van der Waals surface area (Å²) in [6.45, 7) is 4.27. The van der Waals surface area contributed by atoms with E-state index in [1.807, 2.05) is 12.3 Å². The summed E-state index contributed by atoms with van der Waals surface area (Å²) < 4.78 is 0. The van der Waals surface area contributed by atoms with Crippen molar-refractivity contribution in [2.75, 3.05) is 0 Å². The van der Waals surface area contributed by atoms with Gasteiger partial charge in [-0.1, -0.05) is 39.5 Å². The highest BCUT2D eigenvalue weighted by Gasteiger charge is 2.09. The molecule has 1 heterocycles. The number of pyridine rings is 1. The van der Waals surface area contributed by atoms with Gasteiger partial charge in [-0.25, -0.2) is 0 Å². The highest BCUT2D eigenvalue weighted by Crippen LogP contribution is 2.13. The Kier molecular flexibility index (Phi) is 6.53. The van der Waals surface area contributed by atoms with Crippen LogP contribution in [0.25, 0.3) is 0 Å². The van der Waals surface area contributed by atoms with Crippen molar-refractivity contribution < 1.29 is 4.79 Å². The van der Waals surface area contributed by atoms with E-state index < -0.39 is 0 Å². The zero-order chi connectivity index (χ0) is 12.5. The lowest BCUT2D eigenvalue weighted by atomic mass is 10.00. The predicted molar refractivity (Wildman–Crippen MR) is 71.3 cm³/mol. The van der Waals surface area contributed by atoms with Crippen molar-refractivity contribution in [3.05, 3.63) is 29.6 Å². The van der Waals surface area contributed by atoms with Crippen LogP contribution >= 0.6 is 0 Å². The van der Waals surface area contributed by atoms with Gasteiger partial charge in [-0.15, -0.1) is 0 Å². The molecule has 0 aliphatic rings. The smallest absolute Gasteiger partial charge is 0.163 e. The van der Waals surface area contributed by atoms with E-state index >= 15 is 0 Å². The molecule has 2 heteroatoms. The van der Waals surface area contributed by atoms with Crippen LogP contribution in [0.4, 0.5) is 0 Å². The van der Waals surface area contributed by atoms with Crippen LogP contribution in [0.1, 0.15) is 68.3 Å². The van der Waals surface area contributed by atoms with Crippen molar-refractivity contribution in [3.63, 3.8) is 0 Å². The molecule has 0 aromatic carbocycles. The first-order chi connectivity index (χ1) is 8.29. The predicted octanol–water partition coefficient (Wildman–Crippen LogP) is 4.19. The second-order valence-electron chi connectivity index (χ2n) is 4.47. The minimum absolute atomic E-state index is 0.278. The van der Waals surface area contributed by atoms with Crippen LogP contribution in [0.3, 0.4) is 0 Å². The average molecular weight is 233 g/mol. The maximum atomic E-state index is 12.0. The van der Waals surface area contributed by atoms with Crippen LogP contribution in [0, 0.1) is 0 Å². The van der Waals surface area contributed by atoms with E-state index in [4.69, 9.17) is 0 Å². The van der Waals surface area contributed by atoms with E-state index in [0.717, 1.165) is 24.0 Å². The van der Waals surface area contributed by atoms with Crippen LogP contribution in [-0.2, 0) is 6.42 Å². The molecule has 0 aliphatic heterocycles. The number of nitrogens with zero attached hydrogens (tertiary/aromatic N) is 1. The summed E-state index contributed by atoms with van der Waals surface area (Å²) in [5.41, 5.74) is 1.95. The summed E-state index contributed by atoms with van der Waals surface area (Å²) >= 11 is 0. The number of hydrogen-bond donors (Lipinski definition) is 0. The molecule has 1 rings (SSSR count). The van der Waals surface area contributed by atoms with Gasteiger partial charge in [0.2, 0.25) is 0 Å². The fourth-order valence-electron chi connectivity index (χ4n) is 2.00. The fraction of sp³-hybridized carbons (Fsp3) is 0.600. The molecule has 0 fully saturated rings. The van der Waals surface area contributed by atoms with Crippen molar-refractivity contribution >= 4 is 5.78 Å². The molecular formula is C15H23NO. The van der Waals surface area contributed by atoms with Gasteiger partial charge >= 0.3 is 0 Å². The Bertz CT molecular complexity index is 347. The van der Waals surface area contributed by atoms with Crippen LogP contribution in [0.5, 0.6) is 0 Å². The number of unbranched alkanes of at least 4 members (excludes halogenated alkanes) is 4. The largest absolute Gasteiger partial charge is 0.294 e. The van der Waals surface area contributed by atoms with Crippen molar-refractivity contribution in [2.24, 2.45) is 0 Å². The monoisotopic (exact) mass is 233 g/mol. The highest BCUT2D eigenvalue weighted by molar-refractivity contribution is 5.97.